The summed E-state index contributed by atoms with van der Waals surface area (Å²) < 4.78 is 24.0. The first-order chi connectivity index (χ1) is 8.18. The second-order valence-corrected chi connectivity index (χ2v) is 6.36. The number of rotatable bonds is 1. The highest BCUT2D eigenvalue weighted by Crippen LogP contribution is 2.23. The van der Waals surface area contributed by atoms with Gasteiger partial charge in [0, 0.05) is 10.8 Å². The van der Waals surface area contributed by atoms with E-state index in [1.807, 2.05) is 30.3 Å². The molecule has 1 aliphatic carbocycles. The van der Waals surface area contributed by atoms with Gasteiger partial charge < -0.3 is 0 Å². The topological polar surface area (TPSA) is 34.1 Å². The third-order valence-corrected chi connectivity index (χ3v) is 4.84. The maximum absolute atomic E-state index is 12.0. The van der Waals surface area contributed by atoms with Crippen LogP contribution in [0, 0.1) is 11.2 Å². The minimum absolute atomic E-state index is 0.243. The summed E-state index contributed by atoms with van der Waals surface area (Å²) in [7, 11) is -3.24. The molecule has 0 saturated heterocycles. The molecule has 1 aliphatic rings. The fourth-order valence-corrected chi connectivity index (χ4v) is 3.49. The lowest BCUT2D eigenvalue weighted by atomic mass is 10.0. The molecule has 1 aromatic carbocycles. The number of sulfone groups is 1. The third kappa shape index (κ3) is 3.34. The van der Waals surface area contributed by atoms with Crippen molar-refractivity contribution >= 4 is 9.84 Å². The van der Waals surface area contributed by atoms with Crippen LogP contribution in [0.25, 0.3) is 0 Å². The lowest BCUT2D eigenvalue weighted by Crippen LogP contribution is -2.22. The molecule has 0 atom stereocenters. The summed E-state index contributed by atoms with van der Waals surface area (Å²) in [6, 6.07) is 9.25. The van der Waals surface area contributed by atoms with Crippen molar-refractivity contribution in [2.24, 2.45) is 0 Å². The fraction of sp³-hybridized carbons (Fsp3) is 0.429. The van der Waals surface area contributed by atoms with E-state index >= 15 is 0 Å². The highest BCUT2D eigenvalue weighted by Gasteiger charge is 2.25. The van der Waals surface area contributed by atoms with Gasteiger partial charge in [0.1, 0.15) is 0 Å². The van der Waals surface area contributed by atoms with Gasteiger partial charge in [0.2, 0.25) is 9.84 Å². The molecule has 0 radical (unpaired) electrons. The summed E-state index contributed by atoms with van der Waals surface area (Å²) in [6.45, 7) is 0. The van der Waals surface area contributed by atoms with E-state index in [1.54, 1.807) is 0 Å². The maximum Gasteiger partial charge on any atom is 0.219 e. The molecule has 90 valence electrons. The summed E-state index contributed by atoms with van der Waals surface area (Å²) in [5.74, 6) is 2.74. The van der Waals surface area contributed by atoms with Crippen molar-refractivity contribution in [3.05, 3.63) is 35.9 Å². The van der Waals surface area contributed by atoms with E-state index in [9.17, 15) is 8.42 Å². The van der Waals surface area contributed by atoms with E-state index in [0.29, 0.717) is 0 Å². The lowest BCUT2D eigenvalue weighted by Gasteiger charge is -2.18. The molecule has 0 spiro atoms. The average molecular weight is 248 g/mol. The summed E-state index contributed by atoms with van der Waals surface area (Å²) in [4.78, 5) is 0. The molecule has 0 bridgehead atoms. The molecular weight excluding hydrogens is 232 g/mol. The van der Waals surface area contributed by atoms with Crippen molar-refractivity contribution < 1.29 is 8.42 Å². The smallest absolute Gasteiger partial charge is 0.215 e. The van der Waals surface area contributed by atoms with Gasteiger partial charge in [0.05, 0.1) is 5.25 Å². The number of benzene rings is 1. The van der Waals surface area contributed by atoms with Crippen LogP contribution in [0.5, 0.6) is 0 Å². The Kier molecular flexibility index (Phi) is 3.86. The Bertz CT molecular complexity index is 514. The van der Waals surface area contributed by atoms with Crippen LogP contribution < -0.4 is 0 Å². The summed E-state index contributed by atoms with van der Waals surface area (Å²) in [5.41, 5.74) is 0.756. The van der Waals surface area contributed by atoms with Gasteiger partial charge in [0.15, 0.2) is 0 Å². The van der Waals surface area contributed by atoms with Gasteiger partial charge in [0.25, 0.3) is 0 Å². The second kappa shape index (κ2) is 5.37. The van der Waals surface area contributed by atoms with Crippen LogP contribution in [0.2, 0.25) is 0 Å². The minimum atomic E-state index is -3.24. The Hall–Kier alpha value is -1.27. The van der Waals surface area contributed by atoms with E-state index in [0.717, 1.165) is 37.7 Å². The van der Waals surface area contributed by atoms with Crippen LogP contribution in [-0.4, -0.2) is 13.7 Å². The van der Waals surface area contributed by atoms with Crippen LogP contribution in [0.4, 0.5) is 0 Å². The molecule has 3 heteroatoms. The largest absolute Gasteiger partial charge is 0.219 e. The molecule has 0 unspecified atom stereocenters. The normalized spacial score (nSPS) is 17.2. The van der Waals surface area contributed by atoms with Gasteiger partial charge in [-0.3, -0.25) is 0 Å². The standard InChI is InChI=1S/C14H16O2S/c15-17(16,14-9-5-2-6-10-14)12-11-13-7-3-1-4-8-13/h1,3-4,7-8,14H,2,5-6,9-10H2. The first-order valence-electron chi connectivity index (χ1n) is 6.00. The van der Waals surface area contributed by atoms with Crippen LogP contribution in [0.3, 0.4) is 0 Å². The SMILES string of the molecule is O=S(=O)(C#Cc1ccccc1)C1CCCCC1. The molecule has 17 heavy (non-hydrogen) atoms. The lowest BCUT2D eigenvalue weighted by molar-refractivity contribution is 0.488. The van der Waals surface area contributed by atoms with Crippen LogP contribution in [0.15, 0.2) is 30.3 Å². The van der Waals surface area contributed by atoms with Crippen molar-refractivity contribution in [3.8, 4) is 11.2 Å². The Morgan fingerprint density at radius 1 is 1.00 bits per heavy atom. The molecule has 2 rings (SSSR count). The zero-order valence-corrected chi connectivity index (χ0v) is 10.5. The minimum Gasteiger partial charge on any atom is -0.215 e. The quantitative estimate of drug-likeness (QED) is 0.716. The van der Waals surface area contributed by atoms with E-state index in [2.05, 4.69) is 11.2 Å². The van der Waals surface area contributed by atoms with Gasteiger partial charge in [-0.15, -0.1) is 0 Å². The molecular formula is C14H16O2S. The van der Waals surface area contributed by atoms with Crippen molar-refractivity contribution in [2.45, 2.75) is 37.4 Å². The molecule has 0 heterocycles. The monoisotopic (exact) mass is 248 g/mol. The van der Waals surface area contributed by atoms with Gasteiger partial charge in [-0.05, 0) is 25.0 Å². The molecule has 2 nitrogen and oxygen atoms in total. The summed E-state index contributed by atoms with van der Waals surface area (Å²) in [5, 5.41) is 2.22. The van der Waals surface area contributed by atoms with Crippen LogP contribution in [0.1, 0.15) is 37.7 Å². The Labute approximate surface area is 103 Å². The predicted molar refractivity (Wildman–Crippen MR) is 69.1 cm³/mol. The Morgan fingerprint density at radius 2 is 1.65 bits per heavy atom. The van der Waals surface area contributed by atoms with Crippen LogP contribution in [-0.2, 0) is 9.84 Å². The fourth-order valence-electron chi connectivity index (χ4n) is 2.11. The molecule has 1 saturated carbocycles. The molecule has 1 aromatic rings. The predicted octanol–water partition coefficient (Wildman–Crippen LogP) is 2.74. The Morgan fingerprint density at radius 3 is 2.29 bits per heavy atom. The van der Waals surface area contributed by atoms with Gasteiger partial charge >= 0.3 is 0 Å². The molecule has 0 aliphatic heterocycles. The molecule has 1 fully saturated rings. The zero-order chi connectivity index (χ0) is 12.1. The number of hydrogen-bond donors (Lipinski definition) is 0. The van der Waals surface area contributed by atoms with Gasteiger partial charge in [-0.1, -0.05) is 43.4 Å². The average Bonchev–Trinajstić information content (AvgIpc) is 2.39. The highest BCUT2D eigenvalue weighted by molar-refractivity contribution is 7.96. The maximum atomic E-state index is 12.0. The first kappa shape index (κ1) is 12.2. The zero-order valence-electron chi connectivity index (χ0n) is 9.72. The molecule has 0 amide bonds. The molecule has 0 aromatic heterocycles. The summed E-state index contributed by atoms with van der Waals surface area (Å²) >= 11 is 0. The summed E-state index contributed by atoms with van der Waals surface area (Å²) in [6.07, 6.45) is 4.71. The van der Waals surface area contributed by atoms with E-state index < -0.39 is 9.84 Å². The van der Waals surface area contributed by atoms with Crippen LogP contribution >= 0.6 is 0 Å². The van der Waals surface area contributed by atoms with E-state index in [4.69, 9.17) is 0 Å². The first-order valence-corrected chi connectivity index (χ1v) is 7.55. The molecule has 0 N–H and O–H groups in total. The second-order valence-electron chi connectivity index (χ2n) is 4.40. The Balaban J connectivity index is 2.15. The van der Waals surface area contributed by atoms with E-state index in [1.165, 1.54) is 0 Å². The van der Waals surface area contributed by atoms with Gasteiger partial charge in [-0.25, -0.2) is 8.42 Å². The van der Waals surface area contributed by atoms with Crippen molar-refractivity contribution in [1.82, 2.24) is 0 Å². The number of hydrogen-bond acceptors (Lipinski definition) is 2. The third-order valence-electron chi connectivity index (χ3n) is 3.10. The van der Waals surface area contributed by atoms with Crippen molar-refractivity contribution in [1.29, 1.82) is 0 Å². The highest BCUT2D eigenvalue weighted by atomic mass is 32.2. The van der Waals surface area contributed by atoms with Crippen molar-refractivity contribution in [2.75, 3.05) is 0 Å². The van der Waals surface area contributed by atoms with E-state index in [-0.39, 0.29) is 5.25 Å². The van der Waals surface area contributed by atoms with Gasteiger partial charge in [-0.2, -0.15) is 0 Å². The van der Waals surface area contributed by atoms with Crippen molar-refractivity contribution in [3.63, 3.8) is 0 Å².